The van der Waals surface area contributed by atoms with E-state index in [4.69, 9.17) is 9.47 Å². The van der Waals surface area contributed by atoms with Gasteiger partial charge in [0.15, 0.2) is 17.3 Å². The van der Waals surface area contributed by atoms with Gasteiger partial charge in [0.1, 0.15) is 6.61 Å². The van der Waals surface area contributed by atoms with Gasteiger partial charge in [0.25, 0.3) is 5.91 Å². The van der Waals surface area contributed by atoms with Gasteiger partial charge in [0.2, 0.25) is 6.10 Å². The molecule has 0 aromatic heterocycles. The van der Waals surface area contributed by atoms with E-state index in [-0.39, 0.29) is 18.3 Å². The number of hydrogen-bond donors (Lipinski definition) is 1. The molecule has 1 aliphatic rings. The summed E-state index contributed by atoms with van der Waals surface area (Å²) in [6.45, 7) is 2.01. The lowest BCUT2D eigenvalue weighted by Gasteiger charge is -2.25. The molecule has 0 saturated heterocycles. The van der Waals surface area contributed by atoms with Crippen LogP contribution in [0.25, 0.3) is 0 Å². The number of ketones is 1. The lowest BCUT2D eigenvalue weighted by Crippen LogP contribution is -2.40. The molecule has 5 heteroatoms. The first-order valence-corrected chi connectivity index (χ1v) is 9.01. The van der Waals surface area contributed by atoms with Crippen LogP contribution >= 0.6 is 0 Å². The van der Waals surface area contributed by atoms with Crippen molar-refractivity contribution < 1.29 is 19.1 Å². The number of hydrogen-bond acceptors (Lipinski definition) is 4. The summed E-state index contributed by atoms with van der Waals surface area (Å²) in [6.07, 6.45) is -0.795. The molecule has 0 aliphatic carbocycles. The fourth-order valence-corrected chi connectivity index (χ4v) is 3.06. The number of carbonyl (C=O) groups excluding carboxylic acids is 2. The summed E-state index contributed by atoms with van der Waals surface area (Å²) in [4.78, 5) is 25.7. The van der Waals surface area contributed by atoms with Crippen molar-refractivity contribution in [1.29, 1.82) is 0 Å². The SMILES string of the molecule is Cc1ccc(NC(=O)C2COc3ccccc3O2)c(C(=O)c2ccccc2)c1. The second-order valence-electron chi connectivity index (χ2n) is 6.60. The topological polar surface area (TPSA) is 64.6 Å². The predicted molar refractivity (Wildman–Crippen MR) is 106 cm³/mol. The zero-order valence-electron chi connectivity index (χ0n) is 15.3. The molecule has 1 atom stereocenters. The Balaban J connectivity index is 1.57. The van der Waals surface area contributed by atoms with Crippen molar-refractivity contribution in [1.82, 2.24) is 0 Å². The molecular weight excluding hydrogens is 354 g/mol. The molecule has 0 bridgehead atoms. The third-order valence-corrected chi connectivity index (χ3v) is 4.51. The minimum Gasteiger partial charge on any atom is -0.485 e. The van der Waals surface area contributed by atoms with Crippen LogP contribution in [0.3, 0.4) is 0 Å². The van der Waals surface area contributed by atoms with E-state index in [2.05, 4.69) is 5.32 Å². The Morgan fingerprint density at radius 1 is 0.929 bits per heavy atom. The highest BCUT2D eigenvalue weighted by atomic mass is 16.6. The van der Waals surface area contributed by atoms with Gasteiger partial charge in [-0.2, -0.15) is 0 Å². The van der Waals surface area contributed by atoms with Crippen molar-refractivity contribution in [3.8, 4) is 11.5 Å². The van der Waals surface area contributed by atoms with Gasteiger partial charge < -0.3 is 14.8 Å². The lowest BCUT2D eigenvalue weighted by atomic mass is 9.99. The first-order chi connectivity index (χ1) is 13.6. The number of anilines is 1. The van der Waals surface area contributed by atoms with E-state index in [1.54, 1.807) is 36.4 Å². The first-order valence-electron chi connectivity index (χ1n) is 9.01. The number of benzene rings is 3. The second kappa shape index (κ2) is 7.56. The summed E-state index contributed by atoms with van der Waals surface area (Å²) < 4.78 is 11.4. The summed E-state index contributed by atoms with van der Waals surface area (Å²) in [5.74, 6) is 0.631. The fourth-order valence-electron chi connectivity index (χ4n) is 3.06. The lowest BCUT2D eigenvalue weighted by molar-refractivity contribution is -0.125. The van der Waals surface area contributed by atoms with Gasteiger partial charge in [0.05, 0.1) is 5.69 Å². The highest BCUT2D eigenvalue weighted by Gasteiger charge is 2.28. The summed E-state index contributed by atoms with van der Waals surface area (Å²) in [5.41, 5.74) is 2.39. The number of amides is 1. The Hall–Kier alpha value is -3.60. The van der Waals surface area contributed by atoms with Crippen LogP contribution in [0.4, 0.5) is 5.69 Å². The molecular formula is C23H19NO4. The van der Waals surface area contributed by atoms with Crippen LogP contribution in [0.2, 0.25) is 0 Å². The minimum absolute atomic E-state index is 0.108. The average Bonchev–Trinajstić information content (AvgIpc) is 2.74. The van der Waals surface area contributed by atoms with Gasteiger partial charge in [-0.1, -0.05) is 54.1 Å². The third kappa shape index (κ3) is 3.60. The van der Waals surface area contributed by atoms with Gasteiger partial charge in [0, 0.05) is 11.1 Å². The second-order valence-corrected chi connectivity index (χ2v) is 6.60. The van der Waals surface area contributed by atoms with E-state index in [9.17, 15) is 9.59 Å². The summed E-state index contributed by atoms with van der Waals surface area (Å²) in [6, 6.07) is 21.6. The van der Waals surface area contributed by atoms with Crippen LogP contribution < -0.4 is 14.8 Å². The molecule has 3 aromatic rings. The molecule has 1 aliphatic heterocycles. The molecule has 28 heavy (non-hydrogen) atoms. The maximum Gasteiger partial charge on any atom is 0.269 e. The van der Waals surface area contributed by atoms with Gasteiger partial charge in [-0.25, -0.2) is 0 Å². The number of ether oxygens (including phenoxy) is 2. The Bertz CT molecular complexity index is 1030. The molecule has 4 rings (SSSR count). The number of rotatable bonds is 4. The van der Waals surface area contributed by atoms with E-state index in [1.807, 2.05) is 43.3 Å². The van der Waals surface area contributed by atoms with Crippen LogP contribution in [-0.2, 0) is 4.79 Å². The maximum absolute atomic E-state index is 12.9. The molecule has 3 aromatic carbocycles. The van der Waals surface area contributed by atoms with E-state index in [0.717, 1.165) is 5.56 Å². The summed E-state index contributed by atoms with van der Waals surface area (Å²) >= 11 is 0. The van der Waals surface area contributed by atoms with Crippen molar-refractivity contribution in [2.45, 2.75) is 13.0 Å². The number of aryl methyl sites for hydroxylation is 1. The van der Waals surface area contributed by atoms with E-state index in [1.165, 1.54) is 0 Å². The predicted octanol–water partition coefficient (Wildman–Crippen LogP) is 4.00. The highest BCUT2D eigenvalue weighted by molar-refractivity contribution is 6.14. The third-order valence-electron chi connectivity index (χ3n) is 4.51. The average molecular weight is 373 g/mol. The Labute approximate surface area is 162 Å². The quantitative estimate of drug-likeness (QED) is 0.702. The fraction of sp³-hybridized carbons (Fsp3) is 0.130. The molecule has 1 N–H and O–H groups in total. The molecule has 0 saturated carbocycles. The molecule has 0 fully saturated rings. The van der Waals surface area contributed by atoms with E-state index in [0.29, 0.717) is 28.3 Å². The van der Waals surface area contributed by atoms with Crippen LogP contribution in [0.5, 0.6) is 11.5 Å². The Morgan fingerprint density at radius 3 is 2.43 bits per heavy atom. The summed E-state index contributed by atoms with van der Waals surface area (Å²) in [5, 5.41) is 2.82. The molecule has 1 amide bonds. The molecule has 0 radical (unpaired) electrons. The Morgan fingerprint density at radius 2 is 1.64 bits per heavy atom. The monoisotopic (exact) mass is 373 g/mol. The van der Waals surface area contributed by atoms with Crippen molar-refractivity contribution >= 4 is 17.4 Å². The number of carbonyl (C=O) groups is 2. The number of para-hydroxylation sites is 2. The van der Waals surface area contributed by atoms with E-state index >= 15 is 0 Å². The van der Waals surface area contributed by atoms with Crippen molar-refractivity contribution in [2.24, 2.45) is 0 Å². The van der Waals surface area contributed by atoms with Gasteiger partial charge in [-0.15, -0.1) is 0 Å². The number of nitrogens with one attached hydrogen (secondary N) is 1. The van der Waals surface area contributed by atoms with Gasteiger partial charge in [-0.05, 0) is 31.2 Å². The summed E-state index contributed by atoms with van der Waals surface area (Å²) in [7, 11) is 0. The molecule has 5 nitrogen and oxygen atoms in total. The molecule has 0 spiro atoms. The van der Waals surface area contributed by atoms with E-state index < -0.39 is 6.10 Å². The number of fused-ring (bicyclic) bond motifs is 1. The van der Waals surface area contributed by atoms with Crippen molar-refractivity contribution in [3.05, 3.63) is 89.5 Å². The zero-order chi connectivity index (χ0) is 19.5. The Kier molecular flexibility index (Phi) is 4.81. The maximum atomic E-state index is 12.9. The smallest absolute Gasteiger partial charge is 0.269 e. The van der Waals surface area contributed by atoms with Gasteiger partial charge >= 0.3 is 0 Å². The van der Waals surface area contributed by atoms with Gasteiger partial charge in [-0.3, -0.25) is 9.59 Å². The van der Waals surface area contributed by atoms with Crippen LogP contribution in [0.15, 0.2) is 72.8 Å². The minimum atomic E-state index is -0.795. The van der Waals surface area contributed by atoms with Crippen molar-refractivity contribution in [3.63, 3.8) is 0 Å². The van der Waals surface area contributed by atoms with Crippen LogP contribution in [0, 0.1) is 6.92 Å². The zero-order valence-corrected chi connectivity index (χ0v) is 15.3. The first kappa shape index (κ1) is 17.8. The standard InChI is InChI=1S/C23H19NO4/c1-15-11-12-18(17(13-15)22(25)16-7-3-2-4-8-16)24-23(26)21-14-27-19-9-5-6-10-20(19)28-21/h2-13,21H,14H2,1H3,(H,24,26). The normalized spacial score (nSPS) is 15.0. The molecule has 140 valence electrons. The van der Waals surface area contributed by atoms with Crippen LogP contribution in [-0.4, -0.2) is 24.4 Å². The van der Waals surface area contributed by atoms with Crippen molar-refractivity contribution in [2.75, 3.05) is 11.9 Å². The highest BCUT2D eigenvalue weighted by Crippen LogP contribution is 2.31. The largest absolute Gasteiger partial charge is 0.485 e. The van der Waals surface area contributed by atoms with Crippen LogP contribution in [0.1, 0.15) is 21.5 Å². The molecule has 1 unspecified atom stereocenters. The molecule has 1 heterocycles.